The summed E-state index contributed by atoms with van der Waals surface area (Å²) in [5, 5.41) is 1.69. The van der Waals surface area contributed by atoms with Crippen molar-refractivity contribution in [3.63, 3.8) is 0 Å². The van der Waals surface area contributed by atoms with Gasteiger partial charge in [-0.3, -0.25) is 4.31 Å². The summed E-state index contributed by atoms with van der Waals surface area (Å²) in [7, 11) is -0.919. The quantitative estimate of drug-likeness (QED) is 0.487. The normalized spacial score (nSPS) is 13.5. The van der Waals surface area contributed by atoms with Crippen LogP contribution in [0.2, 0.25) is 0 Å². The molecule has 0 radical (unpaired) electrons. The van der Waals surface area contributed by atoms with E-state index in [2.05, 4.69) is 0 Å². The highest BCUT2D eigenvalue weighted by atomic mass is 32.2. The summed E-state index contributed by atoms with van der Waals surface area (Å²) in [4.78, 5) is 12.1. The number of benzene rings is 1. The standard InChI is InChI=1S/C20H23NO7S2/c1-20(2,3)28-15(22)9-8-13-11-14(18-19(17(13)25-5)27-12-26-18)21(4)30(23,24)16-7-6-10-29-16/h6-11H,12H2,1-5H3. The van der Waals surface area contributed by atoms with Crippen LogP contribution in [0, 0.1) is 0 Å². The number of carbonyl (C=O) groups is 1. The molecular weight excluding hydrogens is 430 g/mol. The summed E-state index contributed by atoms with van der Waals surface area (Å²) < 4.78 is 49.1. The second kappa shape index (κ2) is 8.19. The van der Waals surface area contributed by atoms with Gasteiger partial charge >= 0.3 is 5.97 Å². The third-order valence-corrected chi connectivity index (χ3v) is 7.21. The van der Waals surface area contributed by atoms with Crippen LogP contribution in [0.3, 0.4) is 0 Å². The summed E-state index contributed by atoms with van der Waals surface area (Å²) in [6.45, 7) is 5.22. The maximum absolute atomic E-state index is 13.0. The number of thiophene rings is 1. The van der Waals surface area contributed by atoms with Gasteiger partial charge in [0.25, 0.3) is 10.0 Å². The van der Waals surface area contributed by atoms with Crippen LogP contribution in [-0.4, -0.2) is 40.9 Å². The van der Waals surface area contributed by atoms with Gasteiger partial charge in [-0.25, -0.2) is 13.2 Å². The van der Waals surface area contributed by atoms with E-state index in [9.17, 15) is 13.2 Å². The second-order valence-electron chi connectivity index (χ2n) is 7.35. The van der Waals surface area contributed by atoms with E-state index in [0.717, 1.165) is 15.6 Å². The van der Waals surface area contributed by atoms with Crippen molar-refractivity contribution in [3.8, 4) is 17.2 Å². The van der Waals surface area contributed by atoms with Crippen molar-refractivity contribution in [1.29, 1.82) is 0 Å². The molecule has 1 aliphatic rings. The molecule has 0 amide bonds. The molecule has 1 aromatic heterocycles. The first kappa shape index (κ1) is 22.0. The van der Waals surface area contributed by atoms with Crippen LogP contribution in [0.5, 0.6) is 17.2 Å². The molecule has 0 saturated heterocycles. The molecule has 0 N–H and O–H groups in total. The van der Waals surface area contributed by atoms with E-state index >= 15 is 0 Å². The van der Waals surface area contributed by atoms with Gasteiger partial charge in [0.15, 0.2) is 11.5 Å². The Morgan fingerprint density at radius 3 is 2.57 bits per heavy atom. The van der Waals surface area contributed by atoms with Gasteiger partial charge in [0.1, 0.15) is 9.81 Å². The molecular formula is C20H23NO7S2. The van der Waals surface area contributed by atoms with Gasteiger partial charge in [0.2, 0.25) is 12.5 Å². The maximum atomic E-state index is 13.0. The number of sulfonamides is 1. The molecule has 30 heavy (non-hydrogen) atoms. The fourth-order valence-corrected chi connectivity index (χ4v) is 5.14. The molecule has 10 heteroatoms. The Morgan fingerprint density at radius 1 is 1.27 bits per heavy atom. The van der Waals surface area contributed by atoms with E-state index in [1.54, 1.807) is 38.3 Å². The maximum Gasteiger partial charge on any atom is 0.331 e. The summed E-state index contributed by atoms with van der Waals surface area (Å²) in [5.74, 6) is 0.312. The van der Waals surface area contributed by atoms with Gasteiger partial charge in [-0.2, -0.15) is 0 Å². The average molecular weight is 454 g/mol. The molecule has 0 spiro atoms. The van der Waals surface area contributed by atoms with E-state index in [-0.39, 0.29) is 28.2 Å². The molecule has 2 aromatic rings. The van der Waals surface area contributed by atoms with Crippen LogP contribution in [-0.2, 0) is 19.6 Å². The number of hydrogen-bond donors (Lipinski definition) is 0. The third-order valence-electron chi connectivity index (χ3n) is 4.07. The molecule has 0 aliphatic carbocycles. The van der Waals surface area contributed by atoms with Crippen molar-refractivity contribution < 1.29 is 32.2 Å². The molecule has 8 nitrogen and oxygen atoms in total. The fraction of sp³-hybridized carbons (Fsp3) is 0.350. The molecule has 2 heterocycles. The Balaban J connectivity index is 2.06. The third kappa shape index (κ3) is 4.39. The predicted octanol–water partition coefficient (Wildman–Crippen LogP) is 3.67. The van der Waals surface area contributed by atoms with E-state index in [1.807, 2.05) is 0 Å². The minimum atomic E-state index is -3.80. The first-order valence-electron chi connectivity index (χ1n) is 8.98. The van der Waals surface area contributed by atoms with Crippen molar-refractivity contribution >= 4 is 39.1 Å². The molecule has 0 bridgehead atoms. The molecule has 3 rings (SSSR count). The fourth-order valence-electron chi connectivity index (χ4n) is 2.78. The number of fused-ring (bicyclic) bond motifs is 1. The number of methoxy groups -OCH3 is 1. The van der Waals surface area contributed by atoms with Crippen molar-refractivity contribution in [2.24, 2.45) is 0 Å². The lowest BCUT2D eigenvalue weighted by Gasteiger charge is -2.21. The number of nitrogens with zero attached hydrogens (tertiary/aromatic N) is 1. The Labute approximate surface area is 179 Å². The molecule has 0 saturated carbocycles. The smallest absolute Gasteiger partial charge is 0.331 e. The average Bonchev–Trinajstić information content (AvgIpc) is 3.35. The number of carbonyl (C=O) groups excluding carboxylic acids is 1. The van der Waals surface area contributed by atoms with E-state index in [4.69, 9.17) is 18.9 Å². The van der Waals surface area contributed by atoms with Crippen LogP contribution < -0.4 is 18.5 Å². The lowest BCUT2D eigenvalue weighted by atomic mass is 10.1. The second-order valence-corrected chi connectivity index (χ2v) is 10.5. The highest BCUT2D eigenvalue weighted by molar-refractivity contribution is 7.94. The van der Waals surface area contributed by atoms with Gasteiger partial charge < -0.3 is 18.9 Å². The zero-order chi connectivity index (χ0) is 22.1. The zero-order valence-electron chi connectivity index (χ0n) is 17.3. The van der Waals surface area contributed by atoms with Crippen LogP contribution in [0.1, 0.15) is 26.3 Å². The van der Waals surface area contributed by atoms with Gasteiger partial charge in [-0.15, -0.1) is 11.3 Å². The Morgan fingerprint density at radius 2 is 1.97 bits per heavy atom. The van der Waals surface area contributed by atoms with E-state index < -0.39 is 21.6 Å². The Hall–Kier alpha value is -2.72. The molecule has 1 aliphatic heterocycles. The molecule has 1 aromatic carbocycles. The highest BCUT2D eigenvalue weighted by Gasteiger charge is 2.32. The first-order chi connectivity index (χ1) is 14.0. The topological polar surface area (TPSA) is 91.4 Å². The number of rotatable bonds is 6. The number of ether oxygens (including phenoxy) is 4. The minimum absolute atomic E-state index is 0.0786. The van der Waals surface area contributed by atoms with Crippen molar-refractivity contribution in [2.75, 3.05) is 25.3 Å². The lowest BCUT2D eigenvalue weighted by Crippen LogP contribution is -2.26. The van der Waals surface area contributed by atoms with Crippen LogP contribution in [0.4, 0.5) is 5.69 Å². The van der Waals surface area contributed by atoms with Gasteiger partial charge in [-0.05, 0) is 44.4 Å². The number of esters is 1. The SMILES string of the molecule is COc1c(C=CC(=O)OC(C)(C)C)cc(N(C)S(=O)(=O)c2cccs2)c2c1OCO2. The monoisotopic (exact) mass is 453 g/mol. The highest BCUT2D eigenvalue weighted by Crippen LogP contribution is 2.50. The summed E-state index contributed by atoms with van der Waals surface area (Å²) >= 11 is 1.12. The van der Waals surface area contributed by atoms with Gasteiger partial charge in [0, 0.05) is 18.7 Å². The molecule has 0 unspecified atom stereocenters. The van der Waals surface area contributed by atoms with E-state index in [0.29, 0.717) is 11.3 Å². The van der Waals surface area contributed by atoms with E-state index in [1.165, 1.54) is 32.4 Å². The predicted molar refractivity (Wildman–Crippen MR) is 114 cm³/mol. The van der Waals surface area contributed by atoms with Crippen LogP contribution >= 0.6 is 11.3 Å². The van der Waals surface area contributed by atoms with Gasteiger partial charge in [-0.1, -0.05) is 6.07 Å². The van der Waals surface area contributed by atoms with Crippen LogP contribution in [0.15, 0.2) is 33.9 Å². The number of anilines is 1. The Bertz CT molecular complexity index is 1070. The largest absolute Gasteiger partial charge is 0.492 e. The van der Waals surface area contributed by atoms with Crippen molar-refractivity contribution in [3.05, 3.63) is 35.2 Å². The van der Waals surface area contributed by atoms with Crippen LogP contribution in [0.25, 0.3) is 6.08 Å². The summed E-state index contributed by atoms with van der Waals surface area (Å²) in [6.07, 6.45) is 2.74. The first-order valence-corrected chi connectivity index (χ1v) is 11.3. The van der Waals surface area contributed by atoms with Gasteiger partial charge in [0.05, 0.1) is 12.8 Å². The summed E-state index contributed by atoms with van der Waals surface area (Å²) in [6, 6.07) is 4.76. The molecule has 0 fully saturated rings. The van der Waals surface area contributed by atoms with Crippen molar-refractivity contribution in [1.82, 2.24) is 0 Å². The molecule has 162 valence electrons. The number of hydrogen-bond acceptors (Lipinski definition) is 8. The zero-order valence-corrected chi connectivity index (χ0v) is 18.9. The Kier molecular flexibility index (Phi) is 6.00. The molecule has 0 atom stereocenters. The lowest BCUT2D eigenvalue weighted by molar-refractivity contribution is -0.148. The summed E-state index contributed by atoms with van der Waals surface area (Å²) in [5.41, 5.74) is 0.0666. The van der Waals surface area contributed by atoms with Crippen molar-refractivity contribution in [2.45, 2.75) is 30.6 Å². The minimum Gasteiger partial charge on any atom is -0.492 e.